The molecule has 1 N–H and O–H groups in total. The predicted octanol–water partition coefficient (Wildman–Crippen LogP) is 7.90. The molecule has 2 heteroatoms. The molecule has 0 radical (unpaired) electrons. The number of hydrogen-bond acceptors (Lipinski definition) is 1. The third kappa shape index (κ3) is 5.13. The van der Waals surface area contributed by atoms with Gasteiger partial charge in [0, 0.05) is 29.7 Å². The second kappa shape index (κ2) is 9.90. The molecular weight excluding hydrogens is 412 g/mol. The van der Waals surface area contributed by atoms with E-state index in [9.17, 15) is 0 Å². The van der Waals surface area contributed by atoms with Gasteiger partial charge in [0.1, 0.15) is 0 Å². The molecule has 1 aromatic heterocycles. The number of hydrogen-bond donors (Lipinski definition) is 1. The summed E-state index contributed by atoms with van der Waals surface area (Å²) in [5, 5.41) is 1.47. The number of aryl methyl sites for hydroxylation is 1. The molecule has 0 amide bonds. The number of rotatable bonds is 3. The zero-order chi connectivity index (χ0) is 23.7. The highest BCUT2D eigenvalue weighted by Crippen LogP contribution is 2.47. The van der Waals surface area contributed by atoms with Gasteiger partial charge in [0.2, 0.25) is 0 Å². The van der Waals surface area contributed by atoms with Crippen molar-refractivity contribution in [1.29, 1.82) is 0 Å². The molecule has 2 nitrogen and oxygen atoms in total. The maximum Gasteiger partial charge on any atom is 0.0458 e. The van der Waals surface area contributed by atoms with Crippen LogP contribution in [0.1, 0.15) is 81.2 Å². The minimum absolute atomic E-state index is 0.477. The summed E-state index contributed by atoms with van der Waals surface area (Å²) in [5.41, 5.74) is 7.85. The standard InChI is InChI=1S/C20H26N2.C10H12.C2H6/c1-20-11-17-16-4-2-3-5-18(16)21-19(17)10-15(20)8-9-22(13-20)12-14-6-7-14;1-8-2-4-9(5-3-8)10-6-7-10;1-2/h2-5,14-15,21H,6-13H2,1H3;2-5,10H,6-7H2,1H3;1-2H3. The predicted molar refractivity (Wildman–Crippen MR) is 146 cm³/mol. The molecule has 182 valence electrons. The lowest BCUT2D eigenvalue weighted by atomic mass is 9.63. The second-order valence-corrected chi connectivity index (χ2v) is 11.5. The molecule has 3 aliphatic carbocycles. The van der Waals surface area contributed by atoms with Gasteiger partial charge in [-0.2, -0.15) is 0 Å². The van der Waals surface area contributed by atoms with Crippen LogP contribution in [0.3, 0.4) is 0 Å². The van der Waals surface area contributed by atoms with Gasteiger partial charge in [0.15, 0.2) is 0 Å². The van der Waals surface area contributed by atoms with Crippen molar-refractivity contribution in [2.24, 2.45) is 17.3 Å². The summed E-state index contributed by atoms with van der Waals surface area (Å²) in [5.74, 6) is 2.79. The molecule has 2 unspecified atom stereocenters. The lowest BCUT2D eigenvalue weighted by molar-refractivity contribution is 0.0311. The number of nitrogens with zero attached hydrogens (tertiary/aromatic N) is 1. The van der Waals surface area contributed by atoms with E-state index in [0.29, 0.717) is 5.41 Å². The Morgan fingerprint density at radius 1 is 0.941 bits per heavy atom. The molecule has 2 aromatic carbocycles. The first-order chi connectivity index (χ1) is 16.6. The van der Waals surface area contributed by atoms with Gasteiger partial charge >= 0.3 is 0 Å². The Morgan fingerprint density at radius 2 is 1.68 bits per heavy atom. The maximum atomic E-state index is 3.71. The number of aromatic nitrogens is 1. The Balaban J connectivity index is 0.000000168. The highest BCUT2D eigenvalue weighted by Gasteiger charge is 2.44. The monoisotopic (exact) mass is 456 g/mol. The van der Waals surface area contributed by atoms with Crippen LogP contribution < -0.4 is 0 Å². The molecule has 0 bridgehead atoms. The van der Waals surface area contributed by atoms with Crippen molar-refractivity contribution >= 4 is 10.9 Å². The van der Waals surface area contributed by atoms with E-state index >= 15 is 0 Å². The fourth-order valence-electron chi connectivity index (χ4n) is 6.31. The topological polar surface area (TPSA) is 19.0 Å². The minimum Gasteiger partial charge on any atom is -0.358 e. The third-order valence-electron chi connectivity index (χ3n) is 8.64. The van der Waals surface area contributed by atoms with Gasteiger partial charge in [-0.3, -0.25) is 0 Å². The second-order valence-electron chi connectivity index (χ2n) is 11.5. The van der Waals surface area contributed by atoms with Crippen LogP contribution in [-0.2, 0) is 12.8 Å². The van der Waals surface area contributed by atoms with E-state index in [0.717, 1.165) is 17.8 Å². The van der Waals surface area contributed by atoms with E-state index in [-0.39, 0.29) is 0 Å². The molecule has 0 spiro atoms. The summed E-state index contributed by atoms with van der Waals surface area (Å²) in [4.78, 5) is 6.48. The first-order valence-electron chi connectivity index (χ1n) is 13.9. The van der Waals surface area contributed by atoms with Crippen molar-refractivity contribution in [1.82, 2.24) is 9.88 Å². The van der Waals surface area contributed by atoms with Crippen LogP contribution in [0.5, 0.6) is 0 Å². The van der Waals surface area contributed by atoms with Crippen molar-refractivity contribution in [3.63, 3.8) is 0 Å². The number of nitrogens with one attached hydrogen (secondary N) is 1. The highest BCUT2D eigenvalue weighted by atomic mass is 15.1. The fraction of sp³-hybridized carbons (Fsp3) is 0.562. The number of H-pyrrole nitrogens is 1. The number of likely N-dealkylation sites (tertiary alicyclic amines) is 1. The van der Waals surface area contributed by atoms with E-state index in [1.165, 1.54) is 92.3 Å². The number of para-hydroxylation sites is 1. The van der Waals surface area contributed by atoms with Crippen LogP contribution in [-0.4, -0.2) is 29.5 Å². The molecule has 1 aliphatic heterocycles. The first-order valence-corrected chi connectivity index (χ1v) is 13.9. The van der Waals surface area contributed by atoms with Gasteiger partial charge in [-0.1, -0.05) is 68.8 Å². The molecule has 2 heterocycles. The summed E-state index contributed by atoms with van der Waals surface area (Å²) in [6.45, 7) is 12.7. The minimum atomic E-state index is 0.477. The van der Waals surface area contributed by atoms with Gasteiger partial charge in [-0.15, -0.1) is 0 Å². The van der Waals surface area contributed by atoms with Crippen LogP contribution in [0.4, 0.5) is 0 Å². The zero-order valence-electron chi connectivity index (χ0n) is 21.9. The summed E-state index contributed by atoms with van der Waals surface area (Å²) in [6, 6.07) is 17.8. The summed E-state index contributed by atoms with van der Waals surface area (Å²) in [6.07, 6.45) is 9.67. The molecule has 34 heavy (non-hydrogen) atoms. The van der Waals surface area contributed by atoms with E-state index in [1.54, 1.807) is 5.56 Å². The van der Waals surface area contributed by atoms with Crippen LogP contribution in [0.15, 0.2) is 48.5 Å². The van der Waals surface area contributed by atoms with Crippen molar-refractivity contribution < 1.29 is 0 Å². The van der Waals surface area contributed by atoms with Gasteiger partial charge in [-0.25, -0.2) is 0 Å². The quantitative estimate of drug-likeness (QED) is 0.424. The third-order valence-corrected chi connectivity index (χ3v) is 8.64. The fourth-order valence-corrected chi connectivity index (χ4v) is 6.31. The SMILES string of the molecule is CC.CC12Cc3c([nH]c4ccccc34)CC1CCN(CC1CC1)C2.Cc1ccc(C2CC2)cc1. The van der Waals surface area contributed by atoms with Crippen LogP contribution >= 0.6 is 0 Å². The molecule has 7 rings (SSSR count). The van der Waals surface area contributed by atoms with Gasteiger partial charge in [0.25, 0.3) is 0 Å². The lowest BCUT2D eigenvalue weighted by Crippen LogP contribution is -2.51. The largest absolute Gasteiger partial charge is 0.358 e. The summed E-state index contributed by atoms with van der Waals surface area (Å²) >= 11 is 0. The summed E-state index contributed by atoms with van der Waals surface area (Å²) in [7, 11) is 0. The highest BCUT2D eigenvalue weighted by molar-refractivity contribution is 5.85. The number of piperidine rings is 1. The molecule has 2 atom stereocenters. The molecule has 1 saturated heterocycles. The number of aromatic amines is 1. The van der Waals surface area contributed by atoms with E-state index in [1.807, 2.05) is 13.8 Å². The molecule has 2 saturated carbocycles. The Bertz CT molecular complexity index is 1090. The van der Waals surface area contributed by atoms with E-state index < -0.39 is 0 Å². The van der Waals surface area contributed by atoms with E-state index in [4.69, 9.17) is 0 Å². The number of benzene rings is 2. The molecule has 3 aromatic rings. The lowest BCUT2D eigenvalue weighted by Gasteiger charge is -2.49. The average molecular weight is 457 g/mol. The zero-order valence-corrected chi connectivity index (χ0v) is 21.9. The Hall–Kier alpha value is -2.06. The van der Waals surface area contributed by atoms with Crippen molar-refractivity contribution in [2.45, 2.75) is 78.6 Å². The van der Waals surface area contributed by atoms with E-state index in [2.05, 4.69) is 72.3 Å². The molecule has 4 aliphatic rings. The summed E-state index contributed by atoms with van der Waals surface area (Å²) < 4.78 is 0. The van der Waals surface area contributed by atoms with Crippen LogP contribution in [0, 0.1) is 24.2 Å². The smallest absolute Gasteiger partial charge is 0.0458 e. The first kappa shape index (κ1) is 23.7. The van der Waals surface area contributed by atoms with Crippen LogP contribution in [0.25, 0.3) is 10.9 Å². The number of fused-ring (bicyclic) bond motifs is 4. The van der Waals surface area contributed by atoms with Gasteiger partial charge < -0.3 is 9.88 Å². The normalized spacial score (nSPS) is 25.9. The van der Waals surface area contributed by atoms with Crippen molar-refractivity contribution in [2.75, 3.05) is 19.6 Å². The van der Waals surface area contributed by atoms with Crippen LogP contribution in [0.2, 0.25) is 0 Å². The van der Waals surface area contributed by atoms with Crippen molar-refractivity contribution in [3.05, 3.63) is 70.9 Å². The molecular formula is C32H44N2. The van der Waals surface area contributed by atoms with Gasteiger partial charge in [-0.05, 0) is 98.8 Å². The Kier molecular flexibility index (Phi) is 6.89. The molecule has 3 fully saturated rings. The van der Waals surface area contributed by atoms with Crippen molar-refractivity contribution in [3.8, 4) is 0 Å². The Morgan fingerprint density at radius 3 is 2.38 bits per heavy atom. The Labute approximate surface area is 207 Å². The van der Waals surface area contributed by atoms with Gasteiger partial charge in [0.05, 0.1) is 0 Å². The maximum absolute atomic E-state index is 3.71. The average Bonchev–Trinajstić information content (AvgIpc) is 3.78.